The zero-order chi connectivity index (χ0) is 46.0. The number of hydrogen-bond donors (Lipinski definition) is 0. The van der Waals surface area contributed by atoms with E-state index in [0.717, 1.165) is 44.1 Å². The van der Waals surface area contributed by atoms with Crippen molar-refractivity contribution in [2.75, 3.05) is 0 Å². The van der Waals surface area contributed by atoms with Crippen LogP contribution in [0.5, 0.6) is 0 Å². The van der Waals surface area contributed by atoms with E-state index in [2.05, 4.69) is 84.9 Å². The topological polar surface area (TPSA) is 56.7 Å². The first-order valence-corrected chi connectivity index (χ1v) is 21.4. The molecule has 3 heterocycles. The average Bonchev–Trinajstić information content (AvgIpc) is 3.92. The van der Waals surface area contributed by atoms with Gasteiger partial charge in [0.05, 0.1) is 11.0 Å². The van der Waals surface area contributed by atoms with Gasteiger partial charge in [-0.3, -0.25) is 4.57 Å². The van der Waals surface area contributed by atoms with Crippen molar-refractivity contribution in [1.82, 2.24) is 19.5 Å². The Bertz CT molecular complexity index is 4060. The van der Waals surface area contributed by atoms with Gasteiger partial charge in [0.2, 0.25) is 5.95 Å². The van der Waals surface area contributed by atoms with Crippen LogP contribution in [0.15, 0.2) is 144 Å². The highest BCUT2D eigenvalue weighted by Gasteiger charge is 2.27. The van der Waals surface area contributed by atoms with E-state index in [0.29, 0.717) is 33.5 Å². The van der Waals surface area contributed by atoms with E-state index in [1.807, 2.05) is 59.2 Å². The maximum Gasteiger partial charge on any atom is 0.238 e. The summed E-state index contributed by atoms with van der Waals surface area (Å²) in [4.78, 5) is 15.6. The van der Waals surface area contributed by atoms with Gasteiger partial charge < -0.3 is 4.42 Å². The molecule has 3 aromatic heterocycles. The third-order valence-corrected chi connectivity index (χ3v) is 13.0. The summed E-state index contributed by atoms with van der Waals surface area (Å²) in [5, 5.41) is 5.68. The van der Waals surface area contributed by atoms with Crippen LogP contribution >= 0.6 is 0 Å². The summed E-state index contributed by atoms with van der Waals surface area (Å²) >= 11 is 0. The van der Waals surface area contributed by atoms with Crippen molar-refractivity contribution in [1.29, 1.82) is 0 Å². The van der Waals surface area contributed by atoms with E-state index < -0.39 is 0 Å². The highest BCUT2D eigenvalue weighted by molar-refractivity contribution is 6.72. The molecule has 0 N–H and O–H groups in total. The first-order valence-electron chi connectivity index (χ1n) is 21.4. The summed E-state index contributed by atoms with van der Waals surface area (Å²) in [7, 11) is 60.2. The summed E-state index contributed by atoms with van der Waals surface area (Å²) in [6.07, 6.45) is 0. The molecule has 9 aromatic carbocycles. The second-order valence-electron chi connectivity index (χ2n) is 16.7. The Morgan fingerprint density at radius 1 is 0.343 bits per heavy atom. The summed E-state index contributed by atoms with van der Waals surface area (Å²) in [5.74, 6) is 0.827. The molecule has 0 aliphatic heterocycles. The zero-order valence-electron chi connectivity index (χ0n) is 35.7. The fourth-order valence-electron chi connectivity index (χ4n) is 9.58. The highest BCUT2D eigenvalue weighted by atomic mass is 16.3. The van der Waals surface area contributed by atoms with Crippen molar-refractivity contribution >= 4 is 185 Å². The maximum atomic E-state index is 7.04. The molecule has 0 saturated heterocycles. The minimum atomic E-state index is 0.0446. The van der Waals surface area contributed by atoms with E-state index >= 15 is 0 Å². The van der Waals surface area contributed by atoms with Crippen LogP contribution in [0.3, 0.4) is 0 Å². The second kappa shape index (κ2) is 15.4. The summed E-state index contributed by atoms with van der Waals surface area (Å²) in [6.45, 7) is 0. The molecule has 67 heavy (non-hydrogen) atoms. The monoisotopic (exact) mass is 830 g/mol. The van der Waals surface area contributed by atoms with Crippen LogP contribution in [0.4, 0.5) is 0 Å². The molecule has 0 atom stereocenters. The van der Waals surface area contributed by atoms with Gasteiger partial charge in [0, 0.05) is 38.1 Å². The van der Waals surface area contributed by atoms with Crippen molar-refractivity contribution in [3.63, 3.8) is 0 Å². The van der Waals surface area contributed by atoms with E-state index in [-0.39, 0.29) is 77.1 Å². The van der Waals surface area contributed by atoms with E-state index in [9.17, 15) is 0 Å². The van der Waals surface area contributed by atoms with Crippen molar-refractivity contribution in [3.05, 3.63) is 140 Å². The lowest BCUT2D eigenvalue weighted by Gasteiger charge is -2.20. The molecule has 0 fully saturated rings. The van der Waals surface area contributed by atoms with Gasteiger partial charge in [-0.1, -0.05) is 148 Å². The lowest BCUT2D eigenvalue weighted by molar-refractivity contribution is 0.676. The molecule has 0 saturated carbocycles. The maximum absolute atomic E-state index is 7.04. The van der Waals surface area contributed by atoms with Crippen LogP contribution in [0.2, 0.25) is 0 Å². The molecule has 0 aliphatic rings. The molecular weight excluding hydrogens is 806 g/mol. The fraction of sp³-hybridized carbons (Fsp3) is 0. The van der Waals surface area contributed by atoms with Gasteiger partial charge in [-0.2, -0.15) is 9.97 Å². The Morgan fingerprint density at radius 2 is 0.851 bits per heavy atom. The van der Waals surface area contributed by atoms with Crippen LogP contribution < -0.4 is 49.2 Å². The average molecular weight is 829 g/mol. The molecule has 18 radical (unpaired) electrons. The van der Waals surface area contributed by atoms with Gasteiger partial charge >= 0.3 is 0 Å². The second-order valence-corrected chi connectivity index (χ2v) is 16.7. The largest absolute Gasteiger partial charge is 0.456 e. The van der Waals surface area contributed by atoms with Gasteiger partial charge in [0.25, 0.3) is 0 Å². The molecule has 12 aromatic rings. The first-order chi connectivity index (χ1) is 32.5. The zero-order valence-corrected chi connectivity index (χ0v) is 35.7. The fourth-order valence-corrected chi connectivity index (χ4v) is 9.58. The number of fused-ring (bicyclic) bond motifs is 9. The summed E-state index contributed by atoms with van der Waals surface area (Å²) in [5.41, 5.74) is 8.02. The van der Waals surface area contributed by atoms with Crippen molar-refractivity contribution in [2.45, 2.75) is 0 Å². The Hall–Kier alpha value is -7.31. The van der Waals surface area contributed by atoms with Crippen LogP contribution in [-0.4, -0.2) is 90.1 Å². The van der Waals surface area contributed by atoms with E-state index in [4.69, 9.17) is 90.0 Å². The lowest BCUT2D eigenvalue weighted by Crippen LogP contribution is -2.50. The third kappa shape index (κ3) is 6.18. The molecule has 0 aliphatic carbocycles. The molecule has 12 rings (SSSR count). The Labute approximate surface area is 397 Å². The molecule has 0 bridgehead atoms. The van der Waals surface area contributed by atoms with E-state index in [1.165, 1.54) is 10.8 Å². The number of para-hydroxylation sites is 2. The van der Waals surface area contributed by atoms with Gasteiger partial charge in [-0.15, -0.1) is 16.4 Å². The smallest absolute Gasteiger partial charge is 0.238 e. The number of nitrogens with zero attached hydrogens (tertiary/aromatic N) is 4. The van der Waals surface area contributed by atoms with Gasteiger partial charge in [0.15, 0.2) is 11.6 Å². The molecule has 5 nitrogen and oxygen atoms in total. The quantitative estimate of drug-likeness (QED) is 0.251. The van der Waals surface area contributed by atoms with Crippen molar-refractivity contribution < 1.29 is 4.42 Å². The summed E-state index contributed by atoms with van der Waals surface area (Å²) < 4.78 is 8.62. The molecule has 14 heteroatoms. The number of aromatic nitrogens is 4. The summed E-state index contributed by atoms with van der Waals surface area (Å²) in [6, 6.07) is 47.6. The number of furan rings is 1. The van der Waals surface area contributed by atoms with Crippen LogP contribution in [0, 0.1) is 0 Å². The Kier molecular flexibility index (Phi) is 9.45. The first kappa shape index (κ1) is 41.1. The molecular formula is C53H23B9N4O. The minimum absolute atomic E-state index is 0.0446. The SMILES string of the molecule is [B]c1c([B])c(-c2nc(-c3cccc(-c4ccc(-c5ccc6ccccc6c5)cc4)c3)nc(-n3c4ccccc4c4ccccc43)n2)c2c(oc3c4c([B])c([B])c([B])c([B])c4c([B])c([B])c32)c1[B]. The minimum Gasteiger partial charge on any atom is -0.456 e. The standard InChI is InChI=1S/C53H23B9N4O/c54-40-36-38(43(57)46(60)45(59)41(36)55)49-37(42(40)56)35-39(44(58)47(61)48(62)50(35)67-49)52-63-51(64-53(65-52)66-33-14-5-3-12-31(33)32-13-4-6-15-34(32)66)30-11-7-10-28(23-30)25-16-18-26(19-17-25)29-21-20-24-8-1-2-9-27(24)22-29/h1-23H. The van der Waals surface area contributed by atoms with Crippen LogP contribution in [0.25, 0.3) is 116 Å². The van der Waals surface area contributed by atoms with Crippen LogP contribution in [0.1, 0.15) is 0 Å². The third-order valence-electron chi connectivity index (χ3n) is 13.0. The highest BCUT2D eigenvalue weighted by Crippen LogP contribution is 2.37. The van der Waals surface area contributed by atoms with Crippen molar-refractivity contribution in [2.24, 2.45) is 0 Å². The van der Waals surface area contributed by atoms with E-state index in [1.54, 1.807) is 0 Å². The molecule has 0 amide bonds. The lowest BCUT2D eigenvalue weighted by atomic mass is 9.61. The molecule has 288 valence electrons. The predicted molar refractivity (Wildman–Crippen MR) is 287 cm³/mol. The van der Waals surface area contributed by atoms with Gasteiger partial charge in [0.1, 0.15) is 81.8 Å². The Morgan fingerprint density at radius 3 is 1.54 bits per heavy atom. The number of hydrogen-bond acceptors (Lipinski definition) is 4. The molecule has 0 unspecified atom stereocenters. The predicted octanol–water partition coefficient (Wildman–Crippen LogP) is 2.99. The number of benzene rings is 9. The Balaban J connectivity index is 1.11. The van der Waals surface area contributed by atoms with Crippen molar-refractivity contribution in [3.8, 4) is 51.0 Å². The van der Waals surface area contributed by atoms with Gasteiger partial charge in [-0.25, -0.2) is 4.98 Å². The van der Waals surface area contributed by atoms with Gasteiger partial charge in [-0.05, 0) is 62.7 Å². The molecule has 0 spiro atoms. The normalized spacial score (nSPS) is 11.8. The number of rotatable bonds is 5. The van der Waals surface area contributed by atoms with Crippen LogP contribution in [-0.2, 0) is 0 Å².